The summed E-state index contributed by atoms with van der Waals surface area (Å²) in [5.74, 6) is 0.00101. The molecule has 0 aliphatic carbocycles. The highest BCUT2D eigenvalue weighted by Gasteiger charge is 2.24. The number of carbonyl (C=O) groups excluding carboxylic acids is 3. The minimum absolute atomic E-state index is 0.0161. The van der Waals surface area contributed by atoms with Crippen molar-refractivity contribution in [1.82, 2.24) is 20.0 Å². The van der Waals surface area contributed by atoms with Crippen LogP contribution in [0.25, 0.3) is 0 Å². The molecule has 7 heteroatoms. The monoisotopic (exact) mass is 312 g/mol. The molecule has 0 atom stereocenters. The van der Waals surface area contributed by atoms with Gasteiger partial charge in [-0.15, -0.1) is 0 Å². The maximum atomic E-state index is 12.3. The number of carbonyl (C=O) groups is 3. The smallest absolute Gasteiger partial charge is 0.236 e. The summed E-state index contributed by atoms with van der Waals surface area (Å²) in [4.78, 5) is 40.7. The molecule has 0 aromatic rings. The van der Waals surface area contributed by atoms with Gasteiger partial charge in [0.25, 0.3) is 0 Å². The standard InChI is InChI=1S/C15H28N4O3/c1-5-17(10-14(21)16-12(2)3)11-15(22)19-8-6-18(7-9-19)13(4)20/h12H,5-11H2,1-4H3,(H,16,21). The third kappa shape index (κ3) is 6.01. The van der Waals surface area contributed by atoms with Crippen molar-refractivity contribution >= 4 is 17.7 Å². The van der Waals surface area contributed by atoms with E-state index >= 15 is 0 Å². The lowest BCUT2D eigenvalue weighted by molar-refractivity contribution is -0.139. The first-order valence-corrected chi connectivity index (χ1v) is 7.88. The van der Waals surface area contributed by atoms with Crippen LogP contribution in [0.15, 0.2) is 0 Å². The predicted molar refractivity (Wildman–Crippen MR) is 84.2 cm³/mol. The molecule has 7 nitrogen and oxygen atoms in total. The molecule has 126 valence electrons. The molecule has 0 aromatic heterocycles. The van der Waals surface area contributed by atoms with Gasteiger partial charge in [-0.05, 0) is 20.4 Å². The van der Waals surface area contributed by atoms with Crippen LogP contribution in [0, 0.1) is 0 Å². The molecule has 3 amide bonds. The first-order chi connectivity index (χ1) is 10.3. The summed E-state index contributed by atoms with van der Waals surface area (Å²) in [5, 5.41) is 2.83. The van der Waals surface area contributed by atoms with E-state index in [0.717, 1.165) is 0 Å². The second-order valence-electron chi connectivity index (χ2n) is 5.91. The van der Waals surface area contributed by atoms with E-state index in [1.54, 1.807) is 16.7 Å². The van der Waals surface area contributed by atoms with Crippen LogP contribution >= 0.6 is 0 Å². The van der Waals surface area contributed by atoms with Gasteiger partial charge < -0.3 is 15.1 Å². The van der Waals surface area contributed by atoms with Crippen LogP contribution in [0.5, 0.6) is 0 Å². The van der Waals surface area contributed by atoms with Gasteiger partial charge in [0, 0.05) is 39.1 Å². The molecule has 0 spiro atoms. The first kappa shape index (κ1) is 18.4. The summed E-state index contributed by atoms with van der Waals surface area (Å²) in [6, 6.07) is 0.0987. The van der Waals surface area contributed by atoms with Gasteiger partial charge in [-0.3, -0.25) is 19.3 Å². The fraction of sp³-hybridized carbons (Fsp3) is 0.800. The van der Waals surface area contributed by atoms with Crippen molar-refractivity contribution in [2.75, 3.05) is 45.8 Å². The van der Waals surface area contributed by atoms with Gasteiger partial charge >= 0.3 is 0 Å². The lowest BCUT2D eigenvalue weighted by Gasteiger charge is -2.35. The van der Waals surface area contributed by atoms with E-state index in [9.17, 15) is 14.4 Å². The molecule has 1 rings (SSSR count). The number of likely N-dealkylation sites (N-methyl/N-ethyl adjacent to an activating group) is 1. The Morgan fingerprint density at radius 1 is 1.05 bits per heavy atom. The number of rotatable bonds is 6. The highest BCUT2D eigenvalue weighted by atomic mass is 16.2. The number of amides is 3. The third-order valence-corrected chi connectivity index (χ3v) is 3.70. The Bertz CT molecular complexity index is 404. The van der Waals surface area contributed by atoms with Gasteiger partial charge in [0.05, 0.1) is 13.1 Å². The molecular weight excluding hydrogens is 284 g/mol. The van der Waals surface area contributed by atoms with Crippen LogP contribution in [-0.4, -0.2) is 84.3 Å². The molecule has 1 N–H and O–H groups in total. The van der Waals surface area contributed by atoms with Crippen LogP contribution in [0.1, 0.15) is 27.7 Å². The fourth-order valence-corrected chi connectivity index (χ4v) is 2.41. The van der Waals surface area contributed by atoms with E-state index in [-0.39, 0.29) is 36.9 Å². The Labute approximate surface area is 132 Å². The molecule has 0 saturated carbocycles. The number of hydrogen-bond acceptors (Lipinski definition) is 4. The van der Waals surface area contributed by atoms with E-state index in [0.29, 0.717) is 32.7 Å². The maximum Gasteiger partial charge on any atom is 0.236 e. The molecule has 22 heavy (non-hydrogen) atoms. The number of piperazine rings is 1. The lowest BCUT2D eigenvalue weighted by Crippen LogP contribution is -2.52. The van der Waals surface area contributed by atoms with Crippen molar-refractivity contribution in [2.24, 2.45) is 0 Å². The third-order valence-electron chi connectivity index (χ3n) is 3.70. The van der Waals surface area contributed by atoms with E-state index in [2.05, 4.69) is 5.32 Å². The normalized spacial score (nSPS) is 15.4. The lowest BCUT2D eigenvalue weighted by atomic mass is 10.3. The summed E-state index contributed by atoms with van der Waals surface area (Å²) < 4.78 is 0. The molecule has 0 unspecified atom stereocenters. The van der Waals surface area contributed by atoms with Crippen LogP contribution < -0.4 is 5.32 Å². The molecule has 0 bridgehead atoms. The largest absolute Gasteiger partial charge is 0.353 e. The second kappa shape index (κ2) is 8.73. The van der Waals surface area contributed by atoms with Gasteiger partial charge in [0.1, 0.15) is 0 Å². The van der Waals surface area contributed by atoms with Gasteiger partial charge in [-0.25, -0.2) is 0 Å². The van der Waals surface area contributed by atoms with E-state index < -0.39 is 0 Å². The molecule has 0 aromatic carbocycles. The minimum atomic E-state index is -0.0638. The Morgan fingerprint density at radius 3 is 2.05 bits per heavy atom. The average molecular weight is 312 g/mol. The van der Waals surface area contributed by atoms with Gasteiger partial charge in [-0.2, -0.15) is 0 Å². The van der Waals surface area contributed by atoms with Gasteiger partial charge in [0.2, 0.25) is 17.7 Å². The Kier molecular flexibility index (Phi) is 7.31. The summed E-state index contributed by atoms with van der Waals surface area (Å²) in [7, 11) is 0. The van der Waals surface area contributed by atoms with Crippen molar-refractivity contribution in [3.63, 3.8) is 0 Å². The van der Waals surface area contributed by atoms with Crippen molar-refractivity contribution in [1.29, 1.82) is 0 Å². The SMILES string of the molecule is CCN(CC(=O)NC(C)C)CC(=O)N1CCN(C(C)=O)CC1. The molecule has 1 heterocycles. The summed E-state index contributed by atoms with van der Waals surface area (Å²) in [6.45, 7) is 10.7. The Balaban J connectivity index is 2.42. The molecule has 1 aliphatic heterocycles. The predicted octanol–water partition coefficient (Wildman–Crippen LogP) is -0.476. The summed E-state index contributed by atoms with van der Waals surface area (Å²) in [5.41, 5.74) is 0. The first-order valence-electron chi connectivity index (χ1n) is 7.88. The summed E-state index contributed by atoms with van der Waals surface area (Å²) >= 11 is 0. The van der Waals surface area contributed by atoms with E-state index in [1.165, 1.54) is 0 Å². The number of hydrogen-bond donors (Lipinski definition) is 1. The summed E-state index contributed by atoms with van der Waals surface area (Å²) in [6.07, 6.45) is 0. The van der Waals surface area contributed by atoms with Crippen LogP contribution in [-0.2, 0) is 14.4 Å². The van der Waals surface area contributed by atoms with E-state index in [4.69, 9.17) is 0 Å². The quantitative estimate of drug-likeness (QED) is 0.719. The highest BCUT2D eigenvalue weighted by Crippen LogP contribution is 2.03. The molecule has 0 radical (unpaired) electrons. The topological polar surface area (TPSA) is 73.0 Å². The Morgan fingerprint density at radius 2 is 1.59 bits per heavy atom. The number of nitrogens with zero attached hydrogens (tertiary/aromatic N) is 3. The zero-order valence-corrected chi connectivity index (χ0v) is 14.1. The molecule has 1 aliphatic rings. The van der Waals surface area contributed by atoms with E-state index in [1.807, 2.05) is 25.7 Å². The van der Waals surface area contributed by atoms with Crippen molar-refractivity contribution in [3.05, 3.63) is 0 Å². The maximum absolute atomic E-state index is 12.3. The van der Waals surface area contributed by atoms with Gasteiger partial charge in [-0.1, -0.05) is 6.92 Å². The van der Waals surface area contributed by atoms with Crippen LogP contribution in [0.3, 0.4) is 0 Å². The zero-order valence-electron chi connectivity index (χ0n) is 14.1. The highest BCUT2D eigenvalue weighted by molar-refractivity contribution is 5.81. The Hall–Kier alpha value is -1.63. The average Bonchev–Trinajstić information content (AvgIpc) is 2.45. The second-order valence-corrected chi connectivity index (χ2v) is 5.91. The van der Waals surface area contributed by atoms with Crippen molar-refractivity contribution in [2.45, 2.75) is 33.7 Å². The molecular formula is C15H28N4O3. The number of nitrogens with one attached hydrogen (secondary N) is 1. The van der Waals surface area contributed by atoms with Gasteiger partial charge in [0.15, 0.2) is 0 Å². The molecule has 1 saturated heterocycles. The zero-order chi connectivity index (χ0) is 16.7. The van der Waals surface area contributed by atoms with Crippen LogP contribution in [0.2, 0.25) is 0 Å². The van der Waals surface area contributed by atoms with Crippen molar-refractivity contribution < 1.29 is 14.4 Å². The van der Waals surface area contributed by atoms with Crippen molar-refractivity contribution in [3.8, 4) is 0 Å². The fourth-order valence-electron chi connectivity index (χ4n) is 2.41. The molecule has 1 fully saturated rings. The minimum Gasteiger partial charge on any atom is -0.353 e. The van der Waals surface area contributed by atoms with Crippen LogP contribution in [0.4, 0.5) is 0 Å².